The first-order valence-electron chi connectivity index (χ1n) is 10.3. The lowest BCUT2D eigenvalue weighted by Gasteiger charge is -2.40. The minimum atomic E-state index is -1.40. The topological polar surface area (TPSA) is 67.2 Å². The molecule has 1 unspecified atom stereocenters. The summed E-state index contributed by atoms with van der Waals surface area (Å²) in [6.07, 6.45) is 4.54. The average molecular weight is 443 g/mol. The zero-order valence-electron chi connectivity index (χ0n) is 17.2. The Bertz CT molecular complexity index is 1210. The molecule has 1 saturated carbocycles. The van der Waals surface area contributed by atoms with Gasteiger partial charge in [0, 0.05) is 35.8 Å². The number of carbonyl (C=O) groups excluding carboxylic acids is 1. The molecule has 2 aromatic carbocycles. The number of aromatic nitrogens is 2. The molecule has 3 aromatic rings. The van der Waals surface area contributed by atoms with Gasteiger partial charge in [0.2, 0.25) is 0 Å². The fraction of sp³-hybridized carbons (Fsp3) is 0.348. The molecule has 2 heterocycles. The molecule has 1 aliphatic carbocycles. The van der Waals surface area contributed by atoms with Crippen molar-refractivity contribution in [2.24, 2.45) is 0 Å². The van der Waals surface area contributed by atoms with Gasteiger partial charge in [-0.2, -0.15) is 5.10 Å². The Morgan fingerprint density at radius 2 is 1.94 bits per heavy atom. The fourth-order valence-electron chi connectivity index (χ4n) is 4.06. The Labute approximate surface area is 185 Å². The summed E-state index contributed by atoms with van der Waals surface area (Å²) in [5.74, 6) is -0.594. The smallest absolute Gasteiger partial charge is 0.275 e. The van der Waals surface area contributed by atoms with Crippen molar-refractivity contribution in [2.45, 2.75) is 37.8 Å². The molecule has 1 N–H and O–H groups in total. The number of fused-ring (bicyclic) bond motifs is 1. The number of halogens is 2. The molecule has 1 atom stereocenters. The van der Waals surface area contributed by atoms with Crippen LogP contribution >= 0.6 is 12.4 Å². The first kappa shape index (κ1) is 21.3. The van der Waals surface area contributed by atoms with Crippen molar-refractivity contribution in [1.29, 1.82) is 0 Å². The third-order valence-corrected chi connectivity index (χ3v) is 6.12. The molecule has 2 aliphatic rings. The van der Waals surface area contributed by atoms with E-state index < -0.39 is 5.54 Å². The van der Waals surface area contributed by atoms with Crippen LogP contribution in [0.1, 0.15) is 31.7 Å². The first-order chi connectivity index (χ1) is 14.5. The highest BCUT2D eigenvalue weighted by Crippen LogP contribution is 2.37. The van der Waals surface area contributed by atoms with Crippen LogP contribution in [0.15, 0.2) is 53.5 Å². The predicted molar refractivity (Wildman–Crippen MR) is 120 cm³/mol. The molecule has 1 aliphatic heterocycles. The van der Waals surface area contributed by atoms with Crippen molar-refractivity contribution in [1.82, 2.24) is 14.7 Å². The second-order valence-electron chi connectivity index (χ2n) is 8.28. The van der Waals surface area contributed by atoms with E-state index in [1.165, 1.54) is 16.8 Å². The highest BCUT2D eigenvalue weighted by molar-refractivity contribution is 5.91. The van der Waals surface area contributed by atoms with Crippen molar-refractivity contribution in [3.05, 3.63) is 70.4 Å². The molecule has 8 heteroatoms. The number of hydrogen-bond donors (Lipinski definition) is 1. The van der Waals surface area contributed by atoms with Gasteiger partial charge in [-0.1, -0.05) is 24.3 Å². The van der Waals surface area contributed by atoms with E-state index in [1.807, 2.05) is 12.1 Å². The number of benzene rings is 2. The number of anilines is 1. The third-order valence-electron chi connectivity index (χ3n) is 6.12. The Hall–Kier alpha value is -2.93. The Balaban J connectivity index is 0.00000231. The molecule has 6 nitrogen and oxygen atoms in total. The molecule has 31 heavy (non-hydrogen) atoms. The highest BCUT2D eigenvalue weighted by atomic mass is 35.5. The second kappa shape index (κ2) is 7.96. The molecule has 2 fully saturated rings. The van der Waals surface area contributed by atoms with E-state index in [1.54, 1.807) is 36.2 Å². The van der Waals surface area contributed by atoms with Gasteiger partial charge in [0.15, 0.2) is 5.54 Å². The number of likely N-dealkylation sites (tertiary alicyclic amines) is 1. The largest absolute Gasteiger partial charge is 0.382 e. The number of nitrogens with one attached hydrogen (secondary N) is 1. The summed E-state index contributed by atoms with van der Waals surface area (Å²) in [5, 5.41) is 8.95. The molecule has 0 radical (unpaired) electrons. The zero-order chi connectivity index (χ0) is 20.9. The van der Waals surface area contributed by atoms with Gasteiger partial charge in [-0.05, 0) is 44.4 Å². The zero-order valence-corrected chi connectivity index (χ0v) is 18.0. The third kappa shape index (κ3) is 3.57. The lowest BCUT2D eigenvalue weighted by atomic mass is 9.87. The molecule has 0 bridgehead atoms. The number of nitrogens with zero attached hydrogens (tertiary/aromatic N) is 3. The molecule has 0 spiro atoms. The van der Waals surface area contributed by atoms with Gasteiger partial charge in [-0.25, -0.2) is 9.07 Å². The summed E-state index contributed by atoms with van der Waals surface area (Å²) in [4.78, 5) is 28.8. The van der Waals surface area contributed by atoms with Crippen LogP contribution in [0.25, 0.3) is 10.8 Å². The SMILES string of the molecule is CC(C(=O)N1CCC1)(c1ccc(F)cc1NC1CC1)n1ncc2ccccc2c1=O.Cl. The number of carbonyl (C=O) groups is 1. The van der Waals surface area contributed by atoms with Crippen molar-refractivity contribution in [3.63, 3.8) is 0 Å². The number of hydrogen-bond acceptors (Lipinski definition) is 4. The van der Waals surface area contributed by atoms with E-state index in [9.17, 15) is 14.0 Å². The van der Waals surface area contributed by atoms with Crippen molar-refractivity contribution in [3.8, 4) is 0 Å². The molecule has 162 valence electrons. The van der Waals surface area contributed by atoms with Gasteiger partial charge in [0.1, 0.15) is 5.82 Å². The maximum Gasteiger partial charge on any atom is 0.275 e. The van der Waals surface area contributed by atoms with E-state index in [0.717, 1.165) is 19.3 Å². The predicted octanol–water partition coefficient (Wildman–Crippen LogP) is 3.53. The summed E-state index contributed by atoms with van der Waals surface area (Å²) in [6.45, 7) is 2.99. The summed E-state index contributed by atoms with van der Waals surface area (Å²) < 4.78 is 15.4. The summed E-state index contributed by atoms with van der Waals surface area (Å²) in [7, 11) is 0. The molecule has 5 rings (SSSR count). The van der Waals surface area contributed by atoms with Gasteiger partial charge in [0.25, 0.3) is 11.5 Å². The minimum Gasteiger partial charge on any atom is -0.382 e. The van der Waals surface area contributed by atoms with Crippen LogP contribution in [0.4, 0.5) is 10.1 Å². The molecule has 1 saturated heterocycles. The van der Waals surface area contributed by atoms with E-state index in [-0.39, 0.29) is 35.7 Å². The van der Waals surface area contributed by atoms with Crippen LogP contribution in [-0.2, 0) is 10.3 Å². The Morgan fingerprint density at radius 3 is 2.61 bits per heavy atom. The van der Waals surface area contributed by atoms with Crippen LogP contribution in [-0.4, -0.2) is 39.7 Å². The van der Waals surface area contributed by atoms with Crippen LogP contribution in [0.2, 0.25) is 0 Å². The van der Waals surface area contributed by atoms with Gasteiger partial charge in [0.05, 0.1) is 11.6 Å². The lowest BCUT2D eigenvalue weighted by Crippen LogP contribution is -2.57. The first-order valence-corrected chi connectivity index (χ1v) is 10.3. The van der Waals surface area contributed by atoms with E-state index in [2.05, 4.69) is 10.4 Å². The van der Waals surface area contributed by atoms with Gasteiger partial charge >= 0.3 is 0 Å². The van der Waals surface area contributed by atoms with Gasteiger partial charge in [-0.15, -0.1) is 12.4 Å². The fourth-order valence-corrected chi connectivity index (χ4v) is 4.06. The Kier molecular flexibility index (Phi) is 5.47. The average Bonchev–Trinajstić information content (AvgIpc) is 3.51. The summed E-state index contributed by atoms with van der Waals surface area (Å²) in [6, 6.07) is 11.8. The van der Waals surface area contributed by atoms with Crippen molar-refractivity contribution in [2.75, 3.05) is 18.4 Å². The van der Waals surface area contributed by atoms with Crippen LogP contribution in [0.3, 0.4) is 0 Å². The molecule has 1 aromatic heterocycles. The van der Waals surface area contributed by atoms with Crippen LogP contribution in [0.5, 0.6) is 0 Å². The molecular weight excluding hydrogens is 419 g/mol. The van der Waals surface area contributed by atoms with Crippen LogP contribution in [0, 0.1) is 5.82 Å². The Morgan fingerprint density at radius 1 is 1.19 bits per heavy atom. The van der Waals surface area contributed by atoms with Crippen molar-refractivity contribution >= 4 is 34.8 Å². The highest BCUT2D eigenvalue weighted by Gasteiger charge is 2.45. The summed E-state index contributed by atoms with van der Waals surface area (Å²) >= 11 is 0. The quantitative estimate of drug-likeness (QED) is 0.656. The standard InChI is InChI=1S/C23H23FN4O2.ClH/c1-23(22(30)27-11-4-12-27,19-10-7-16(24)13-20(19)26-17-8-9-17)28-21(29)18-6-3-2-5-15(18)14-25-28;/h2-3,5-7,10,13-14,17,26H,4,8-9,11-12H2,1H3;1H. The lowest BCUT2D eigenvalue weighted by molar-refractivity contribution is -0.142. The summed E-state index contributed by atoms with van der Waals surface area (Å²) in [5.41, 5.74) is -0.647. The van der Waals surface area contributed by atoms with Gasteiger partial charge < -0.3 is 10.2 Å². The van der Waals surface area contributed by atoms with E-state index in [0.29, 0.717) is 35.1 Å². The normalized spacial score (nSPS) is 17.4. The molecular formula is C23H24ClFN4O2. The van der Waals surface area contributed by atoms with E-state index >= 15 is 0 Å². The van der Waals surface area contributed by atoms with Crippen molar-refractivity contribution < 1.29 is 9.18 Å². The van der Waals surface area contributed by atoms with Gasteiger partial charge in [-0.3, -0.25) is 9.59 Å². The van der Waals surface area contributed by atoms with Crippen LogP contribution < -0.4 is 10.9 Å². The maximum atomic E-state index is 14.1. The number of rotatable bonds is 5. The molecule has 1 amide bonds. The maximum absolute atomic E-state index is 14.1. The second-order valence-corrected chi connectivity index (χ2v) is 8.28. The number of amides is 1. The monoisotopic (exact) mass is 442 g/mol. The minimum absolute atomic E-state index is 0. The van der Waals surface area contributed by atoms with E-state index in [4.69, 9.17) is 0 Å².